The Bertz CT molecular complexity index is 796. The van der Waals surface area contributed by atoms with Crippen LogP contribution in [-0.4, -0.2) is 73.8 Å². The molecule has 1 saturated heterocycles. The van der Waals surface area contributed by atoms with Crippen LogP contribution < -0.4 is 5.56 Å². The van der Waals surface area contributed by atoms with Gasteiger partial charge in [-0.15, -0.1) is 0 Å². The van der Waals surface area contributed by atoms with E-state index < -0.39 is 15.4 Å². The molecule has 0 atom stereocenters. The monoisotopic (exact) mass is 375 g/mol. The number of nitrogens with one attached hydrogen (secondary N) is 1. The maximum absolute atomic E-state index is 12.7. The average Bonchev–Trinajstić information content (AvgIpc) is 2.50. The van der Waals surface area contributed by atoms with Gasteiger partial charge in [-0.1, -0.05) is 11.6 Å². The Morgan fingerprint density at radius 3 is 2.33 bits per heavy atom. The van der Waals surface area contributed by atoms with Gasteiger partial charge in [0.15, 0.2) is 0 Å². The van der Waals surface area contributed by atoms with Crippen LogP contribution in [0.1, 0.15) is 21.6 Å². The van der Waals surface area contributed by atoms with Gasteiger partial charge < -0.3 is 9.88 Å². The fourth-order valence-corrected chi connectivity index (χ4v) is 3.47. The minimum absolute atomic E-state index is 0.0789. The van der Waals surface area contributed by atoms with Gasteiger partial charge in [0.25, 0.3) is 11.5 Å². The molecule has 1 amide bonds. The van der Waals surface area contributed by atoms with Crippen LogP contribution in [0.25, 0.3) is 0 Å². The summed E-state index contributed by atoms with van der Waals surface area (Å²) in [5.74, 6) is -0.230. The van der Waals surface area contributed by atoms with Crippen molar-refractivity contribution in [3.8, 4) is 0 Å². The topological polar surface area (TPSA) is 90.6 Å². The number of aryl methyl sites for hydroxylation is 1. The molecule has 7 nitrogen and oxygen atoms in total. The van der Waals surface area contributed by atoms with Crippen molar-refractivity contribution >= 4 is 27.3 Å². The highest BCUT2D eigenvalue weighted by Crippen LogP contribution is 2.20. The number of halogens is 1. The molecular weight excluding hydrogens is 354 g/mol. The van der Waals surface area contributed by atoms with Crippen molar-refractivity contribution in [1.29, 1.82) is 0 Å². The number of carbonyl (C=O) groups is 1. The van der Waals surface area contributed by atoms with Gasteiger partial charge in [0.2, 0.25) is 0 Å². The van der Waals surface area contributed by atoms with E-state index in [9.17, 15) is 18.0 Å². The third-order valence-corrected chi connectivity index (χ3v) is 5.70. The van der Waals surface area contributed by atoms with Crippen molar-refractivity contribution in [3.63, 3.8) is 0 Å². The maximum atomic E-state index is 12.7. The van der Waals surface area contributed by atoms with E-state index in [0.717, 1.165) is 0 Å². The number of rotatable bonds is 4. The largest absolute Gasteiger partial charge is 0.336 e. The molecule has 0 radical (unpaired) electrons. The molecule has 0 bridgehead atoms. The van der Waals surface area contributed by atoms with Gasteiger partial charge in [0, 0.05) is 44.7 Å². The molecule has 1 N–H and O–H groups in total. The first kappa shape index (κ1) is 19.0. The Morgan fingerprint density at radius 2 is 1.79 bits per heavy atom. The van der Waals surface area contributed by atoms with E-state index >= 15 is 0 Å². The van der Waals surface area contributed by atoms with Crippen molar-refractivity contribution in [3.05, 3.63) is 32.2 Å². The van der Waals surface area contributed by atoms with Crippen molar-refractivity contribution in [2.24, 2.45) is 0 Å². The first-order valence-corrected chi connectivity index (χ1v) is 10.1. The van der Waals surface area contributed by atoms with Crippen LogP contribution in [0.3, 0.4) is 0 Å². The molecular formula is C15H22ClN3O4S. The number of piperazine rings is 1. The molecule has 0 aromatic carbocycles. The summed E-state index contributed by atoms with van der Waals surface area (Å²) in [6, 6.07) is 0. The molecule has 0 aliphatic carbocycles. The molecule has 134 valence electrons. The number of nitrogens with zero attached hydrogens (tertiary/aromatic N) is 2. The Balaban J connectivity index is 2.06. The lowest BCUT2D eigenvalue weighted by molar-refractivity contribution is 0.0641. The summed E-state index contributed by atoms with van der Waals surface area (Å²) in [5.41, 5.74) is 0.679. The Hall–Kier alpha value is -1.38. The number of aromatic amines is 1. The first-order chi connectivity index (χ1) is 11.1. The molecule has 24 heavy (non-hydrogen) atoms. The maximum Gasteiger partial charge on any atom is 0.261 e. The van der Waals surface area contributed by atoms with E-state index in [-0.39, 0.29) is 17.2 Å². The van der Waals surface area contributed by atoms with Crippen molar-refractivity contribution in [2.75, 3.05) is 44.7 Å². The smallest absolute Gasteiger partial charge is 0.261 e. The predicted octanol–water partition coefficient (Wildman–Crippen LogP) is 0.448. The van der Waals surface area contributed by atoms with Gasteiger partial charge in [-0.2, -0.15) is 0 Å². The molecule has 9 heteroatoms. The molecule has 0 unspecified atom stereocenters. The lowest BCUT2D eigenvalue weighted by atomic mass is 10.1. The lowest BCUT2D eigenvalue weighted by Gasteiger charge is -2.34. The van der Waals surface area contributed by atoms with Gasteiger partial charge in [-0.3, -0.25) is 14.5 Å². The van der Waals surface area contributed by atoms with Crippen molar-refractivity contribution in [2.45, 2.75) is 13.8 Å². The quantitative estimate of drug-likeness (QED) is 0.825. The molecule has 2 heterocycles. The van der Waals surface area contributed by atoms with E-state index in [1.54, 1.807) is 18.7 Å². The second kappa shape index (κ2) is 7.25. The summed E-state index contributed by atoms with van der Waals surface area (Å²) in [4.78, 5) is 31.0. The van der Waals surface area contributed by atoms with E-state index in [1.807, 2.05) is 4.90 Å². The van der Waals surface area contributed by atoms with E-state index in [0.29, 0.717) is 49.0 Å². The summed E-state index contributed by atoms with van der Waals surface area (Å²) in [6.07, 6.45) is 1.21. The predicted molar refractivity (Wildman–Crippen MR) is 93.6 cm³/mol. The number of hydrogen-bond acceptors (Lipinski definition) is 5. The van der Waals surface area contributed by atoms with Gasteiger partial charge >= 0.3 is 0 Å². The summed E-state index contributed by atoms with van der Waals surface area (Å²) < 4.78 is 22.4. The summed E-state index contributed by atoms with van der Waals surface area (Å²) in [6.45, 7) is 5.87. The normalized spacial score (nSPS) is 16.4. The van der Waals surface area contributed by atoms with Crippen LogP contribution in [0.2, 0.25) is 5.02 Å². The van der Waals surface area contributed by atoms with Crippen LogP contribution in [0.5, 0.6) is 0 Å². The Kier molecular flexibility index (Phi) is 5.72. The highest BCUT2D eigenvalue weighted by atomic mass is 35.5. The lowest BCUT2D eigenvalue weighted by Crippen LogP contribution is -2.50. The van der Waals surface area contributed by atoms with Gasteiger partial charge in [0.05, 0.1) is 10.8 Å². The van der Waals surface area contributed by atoms with Crippen LogP contribution in [0, 0.1) is 13.8 Å². The molecule has 1 aliphatic heterocycles. The standard InChI is InChI=1S/C15H22ClN3O4S/c1-10-12(14(20)17-11(2)13(10)16)15(21)19-6-4-18(5-7-19)8-9-24(3,22)23/h4-9H2,1-3H3,(H,17,20). The SMILES string of the molecule is Cc1[nH]c(=O)c(C(=O)N2CCN(CCS(C)(=O)=O)CC2)c(C)c1Cl. The number of aromatic nitrogens is 1. The third-order valence-electron chi connectivity index (χ3n) is 4.21. The molecule has 1 fully saturated rings. The fraction of sp³-hybridized carbons (Fsp3) is 0.600. The van der Waals surface area contributed by atoms with Crippen molar-refractivity contribution in [1.82, 2.24) is 14.8 Å². The molecule has 0 spiro atoms. The zero-order chi connectivity index (χ0) is 18.1. The average molecular weight is 376 g/mol. The number of H-pyrrole nitrogens is 1. The Labute approximate surface area is 146 Å². The van der Waals surface area contributed by atoms with E-state index in [1.165, 1.54) is 6.26 Å². The summed E-state index contributed by atoms with van der Waals surface area (Å²) in [7, 11) is -3.00. The highest BCUT2D eigenvalue weighted by Gasteiger charge is 2.26. The van der Waals surface area contributed by atoms with Crippen molar-refractivity contribution < 1.29 is 13.2 Å². The fourth-order valence-electron chi connectivity index (χ4n) is 2.73. The van der Waals surface area contributed by atoms with Crippen LogP contribution in [0.15, 0.2) is 4.79 Å². The van der Waals surface area contributed by atoms with Gasteiger partial charge in [0.1, 0.15) is 15.4 Å². The molecule has 0 saturated carbocycles. The van der Waals surface area contributed by atoms with Crippen LogP contribution >= 0.6 is 11.6 Å². The number of carbonyl (C=O) groups excluding carboxylic acids is 1. The third kappa shape index (κ3) is 4.37. The number of hydrogen-bond donors (Lipinski definition) is 1. The second-order valence-electron chi connectivity index (χ2n) is 6.16. The minimum atomic E-state index is -3.00. The Morgan fingerprint density at radius 1 is 1.21 bits per heavy atom. The highest BCUT2D eigenvalue weighted by molar-refractivity contribution is 7.90. The zero-order valence-electron chi connectivity index (χ0n) is 14.1. The number of sulfone groups is 1. The zero-order valence-corrected chi connectivity index (χ0v) is 15.6. The summed E-state index contributed by atoms with van der Waals surface area (Å²) >= 11 is 6.14. The first-order valence-electron chi connectivity index (χ1n) is 7.68. The minimum Gasteiger partial charge on any atom is -0.336 e. The molecule has 2 rings (SSSR count). The van der Waals surface area contributed by atoms with Crippen LogP contribution in [0.4, 0.5) is 0 Å². The second-order valence-corrected chi connectivity index (χ2v) is 8.79. The van der Waals surface area contributed by atoms with E-state index in [2.05, 4.69) is 4.98 Å². The van der Waals surface area contributed by atoms with E-state index in [4.69, 9.17) is 11.6 Å². The van der Waals surface area contributed by atoms with Gasteiger partial charge in [-0.25, -0.2) is 8.42 Å². The molecule has 1 aromatic rings. The van der Waals surface area contributed by atoms with Gasteiger partial charge in [-0.05, 0) is 19.4 Å². The van der Waals surface area contributed by atoms with Crippen LogP contribution in [-0.2, 0) is 9.84 Å². The number of pyridine rings is 1. The number of amides is 1. The molecule has 1 aliphatic rings. The molecule has 1 aromatic heterocycles. The summed E-state index contributed by atoms with van der Waals surface area (Å²) in [5, 5.41) is 0.393.